The number of thioether (sulfide) groups is 1. The summed E-state index contributed by atoms with van der Waals surface area (Å²) in [6.45, 7) is 1.92. The minimum absolute atomic E-state index is 0. The number of nitrogens with two attached hydrogens (primary N) is 1. The average molecular weight is 408 g/mol. The molecular weight excluding hydrogens is 386 g/mol. The standard InChI is InChI=1S/C19H21N3O3S.ClH/c20-10-15-11-21(12-18(15)14-4-2-1-3-5-14)19(23)13-26-17-8-6-16(7-9-17)22(24)25;/h1-9,15,18H,10-13,20H2;1H/t15-,18+;/m1./s1. The van der Waals surface area contributed by atoms with Gasteiger partial charge in [-0.3, -0.25) is 14.9 Å². The summed E-state index contributed by atoms with van der Waals surface area (Å²) in [5.74, 6) is 0.932. The summed E-state index contributed by atoms with van der Waals surface area (Å²) < 4.78 is 0. The Balaban J connectivity index is 0.00000261. The highest BCUT2D eigenvalue weighted by atomic mass is 35.5. The molecule has 0 unspecified atom stereocenters. The third-order valence-corrected chi connectivity index (χ3v) is 5.73. The first-order valence-electron chi connectivity index (χ1n) is 8.48. The third-order valence-electron chi connectivity index (χ3n) is 4.73. The van der Waals surface area contributed by atoms with Crippen LogP contribution in [0.5, 0.6) is 0 Å². The molecule has 2 aromatic carbocycles. The predicted molar refractivity (Wildman–Crippen MR) is 109 cm³/mol. The highest BCUT2D eigenvalue weighted by Gasteiger charge is 2.35. The Morgan fingerprint density at radius 2 is 1.81 bits per heavy atom. The zero-order valence-electron chi connectivity index (χ0n) is 14.7. The molecule has 3 rings (SSSR count). The molecule has 1 aliphatic heterocycles. The number of non-ortho nitro benzene ring substituents is 1. The molecule has 1 aliphatic rings. The molecule has 1 heterocycles. The van der Waals surface area contributed by atoms with Crippen LogP contribution in [0.25, 0.3) is 0 Å². The van der Waals surface area contributed by atoms with E-state index in [1.54, 1.807) is 12.1 Å². The van der Waals surface area contributed by atoms with Gasteiger partial charge in [-0.25, -0.2) is 0 Å². The van der Waals surface area contributed by atoms with Gasteiger partial charge < -0.3 is 10.6 Å². The van der Waals surface area contributed by atoms with E-state index in [0.717, 1.165) is 4.90 Å². The second kappa shape index (κ2) is 9.73. The van der Waals surface area contributed by atoms with Gasteiger partial charge in [-0.2, -0.15) is 0 Å². The van der Waals surface area contributed by atoms with Crippen molar-refractivity contribution < 1.29 is 9.72 Å². The van der Waals surface area contributed by atoms with Crippen LogP contribution in [-0.2, 0) is 4.79 Å². The SMILES string of the molecule is Cl.NC[C@@H]1CN(C(=O)CSc2ccc([N+](=O)[O-])cc2)C[C@H]1c1ccccc1. The van der Waals surface area contributed by atoms with Gasteiger partial charge in [0.25, 0.3) is 5.69 Å². The van der Waals surface area contributed by atoms with E-state index >= 15 is 0 Å². The van der Waals surface area contributed by atoms with Crippen molar-refractivity contribution in [3.8, 4) is 0 Å². The molecule has 0 spiro atoms. The van der Waals surface area contributed by atoms with Crippen molar-refractivity contribution in [2.75, 3.05) is 25.4 Å². The van der Waals surface area contributed by atoms with Crippen LogP contribution in [0, 0.1) is 16.0 Å². The maximum absolute atomic E-state index is 12.6. The monoisotopic (exact) mass is 407 g/mol. The summed E-state index contributed by atoms with van der Waals surface area (Å²) in [6.07, 6.45) is 0. The number of rotatable bonds is 6. The number of nitrogens with zero attached hydrogens (tertiary/aromatic N) is 2. The van der Waals surface area contributed by atoms with Crippen LogP contribution in [0.15, 0.2) is 59.5 Å². The van der Waals surface area contributed by atoms with Crippen LogP contribution in [0.4, 0.5) is 5.69 Å². The van der Waals surface area contributed by atoms with Gasteiger partial charge in [0.15, 0.2) is 0 Å². The van der Waals surface area contributed by atoms with E-state index in [0.29, 0.717) is 25.4 Å². The Labute approximate surface area is 168 Å². The summed E-state index contributed by atoms with van der Waals surface area (Å²) in [4.78, 5) is 25.6. The normalized spacial score (nSPS) is 18.8. The summed E-state index contributed by atoms with van der Waals surface area (Å²) in [5, 5.41) is 10.7. The van der Waals surface area contributed by atoms with Gasteiger partial charge >= 0.3 is 0 Å². The number of nitro groups is 1. The quantitative estimate of drug-likeness (QED) is 0.450. The Bertz CT molecular complexity index is 774. The number of benzene rings is 2. The van der Waals surface area contributed by atoms with Crippen molar-refractivity contribution in [2.24, 2.45) is 11.7 Å². The zero-order chi connectivity index (χ0) is 18.5. The molecule has 8 heteroatoms. The van der Waals surface area contributed by atoms with Crippen molar-refractivity contribution in [1.82, 2.24) is 4.90 Å². The van der Waals surface area contributed by atoms with Crippen LogP contribution >= 0.6 is 24.2 Å². The summed E-state index contributed by atoms with van der Waals surface area (Å²) in [5.41, 5.74) is 7.21. The fourth-order valence-electron chi connectivity index (χ4n) is 3.29. The van der Waals surface area contributed by atoms with Gasteiger partial charge in [0.2, 0.25) is 5.91 Å². The number of halogens is 1. The Morgan fingerprint density at radius 3 is 2.41 bits per heavy atom. The Morgan fingerprint density at radius 1 is 1.15 bits per heavy atom. The molecule has 0 radical (unpaired) electrons. The number of likely N-dealkylation sites (tertiary alicyclic amines) is 1. The topological polar surface area (TPSA) is 89.5 Å². The zero-order valence-corrected chi connectivity index (χ0v) is 16.3. The number of hydrogen-bond acceptors (Lipinski definition) is 5. The smallest absolute Gasteiger partial charge is 0.269 e. The predicted octanol–water partition coefficient (Wildman–Crippen LogP) is 3.31. The van der Waals surface area contributed by atoms with Gasteiger partial charge in [0, 0.05) is 36.0 Å². The molecule has 1 amide bonds. The van der Waals surface area contributed by atoms with Crippen molar-refractivity contribution >= 4 is 35.8 Å². The van der Waals surface area contributed by atoms with E-state index in [1.807, 2.05) is 23.1 Å². The Hall–Kier alpha value is -2.09. The maximum atomic E-state index is 12.6. The lowest BCUT2D eigenvalue weighted by Crippen LogP contribution is -2.31. The minimum atomic E-state index is -0.430. The first kappa shape index (κ1) is 21.2. The number of nitro benzene ring substituents is 1. The molecular formula is C19H22ClN3O3S. The lowest BCUT2D eigenvalue weighted by molar-refractivity contribution is -0.384. The highest BCUT2D eigenvalue weighted by Crippen LogP contribution is 2.32. The fourth-order valence-corrected chi connectivity index (χ4v) is 4.09. The fraction of sp³-hybridized carbons (Fsp3) is 0.316. The van der Waals surface area contributed by atoms with Crippen molar-refractivity contribution in [3.63, 3.8) is 0 Å². The minimum Gasteiger partial charge on any atom is -0.341 e. The number of carbonyl (C=O) groups is 1. The average Bonchev–Trinajstić information content (AvgIpc) is 3.11. The van der Waals surface area contributed by atoms with E-state index < -0.39 is 4.92 Å². The van der Waals surface area contributed by atoms with Gasteiger partial charge in [-0.15, -0.1) is 24.2 Å². The van der Waals surface area contributed by atoms with E-state index in [-0.39, 0.29) is 35.8 Å². The number of carbonyl (C=O) groups excluding carboxylic acids is 1. The van der Waals surface area contributed by atoms with E-state index in [9.17, 15) is 14.9 Å². The summed E-state index contributed by atoms with van der Waals surface area (Å²) in [7, 11) is 0. The van der Waals surface area contributed by atoms with E-state index in [1.165, 1.54) is 29.5 Å². The second-order valence-electron chi connectivity index (χ2n) is 6.35. The lowest BCUT2D eigenvalue weighted by Gasteiger charge is -2.16. The molecule has 2 aromatic rings. The van der Waals surface area contributed by atoms with Crippen LogP contribution in [0.1, 0.15) is 11.5 Å². The van der Waals surface area contributed by atoms with Crippen molar-refractivity contribution in [2.45, 2.75) is 10.8 Å². The molecule has 0 aromatic heterocycles. The molecule has 27 heavy (non-hydrogen) atoms. The summed E-state index contributed by atoms with van der Waals surface area (Å²) in [6, 6.07) is 16.5. The maximum Gasteiger partial charge on any atom is 0.269 e. The van der Waals surface area contributed by atoms with Crippen LogP contribution in [0.2, 0.25) is 0 Å². The molecule has 144 valence electrons. The summed E-state index contributed by atoms with van der Waals surface area (Å²) >= 11 is 1.40. The van der Waals surface area contributed by atoms with Gasteiger partial charge in [0.1, 0.15) is 0 Å². The van der Waals surface area contributed by atoms with E-state index in [4.69, 9.17) is 5.73 Å². The molecule has 0 saturated carbocycles. The number of hydrogen-bond donors (Lipinski definition) is 1. The lowest BCUT2D eigenvalue weighted by atomic mass is 9.89. The second-order valence-corrected chi connectivity index (χ2v) is 7.40. The molecule has 1 fully saturated rings. The van der Waals surface area contributed by atoms with E-state index in [2.05, 4.69) is 12.1 Å². The molecule has 0 bridgehead atoms. The Kier molecular flexibility index (Phi) is 7.65. The van der Waals surface area contributed by atoms with Crippen LogP contribution < -0.4 is 5.73 Å². The number of amides is 1. The molecule has 1 saturated heterocycles. The first-order valence-corrected chi connectivity index (χ1v) is 9.47. The molecule has 6 nitrogen and oxygen atoms in total. The van der Waals surface area contributed by atoms with Crippen molar-refractivity contribution in [1.29, 1.82) is 0 Å². The first-order chi connectivity index (χ1) is 12.6. The molecule has 2 atom stereocenters. The third kappa shape index (κ3) is 5.22. The van der Waals surface area contributed by atoms with Gasteiger partial charge in [-0.05, 0) is 30.2 Å². The highest BCUT2D eigenvalue weighted by molar-refractivity contribution is 8.00. The van der Waals surface area contributed by atoms with Gasteiger partial charge in [-0.1, -0.05) is 30.3 Å². The van der Waals surface area contributed by atoms with Gasteiger partial charge in [0.05, 0.1) is 10.7 Å². The molecule has 0 aliphatic carbocycles. The largest absolute Gasteiger partial charge is 0.341 e. The molecule has 2 N–H and O–H groups in total. The van der Waals surface area contributed by atoms with Crippen molar-refractivity contribution in [3.05, 3.63) is 70.3 Å². The van der Waals surface area contributed by atoms with Crippen LogP contribution in [-0.4, -0.2) is 41.1 Å². The van der Waals surface area contributed by atoms with Crippen LogP contribution in [0.3, 0.4) is 0 Å².